The fourth-order valence-corrected chi connectivity index (χ4v) is 1.85. The minimum absolute atomic E-state index is 0.585. The number of carbonyl (C=O) groups is 2. The second-order valence-corrected chi connectivity index (χ2v) is 4.45. The van der Waals surface area contributed by atoms with Crippen molar-refractivity contribution in [2.45, 2.75) is 31.1 Å². The van der Waals surface area contributed by atoms with Crippen molar-refractivity contribution < 1.29 is 37.3 Å². The van der Waals surface area contributed by atoms with Crippen LogP contribution < -0.4 is 0 Å². The van der Waals surface area contributed by atoms with Gasteiger partial charge in [0, 0.05) is 12.3 Å². The van der Waals surface area contributed by atoms with Gasteiger partial charge in [0.2, 0.25) is 0 Å². The Morgan fingerprint density at radius 2 is 1.67 bits per heavy atom. The van der Waals surface area contributed by atoms with Crippen LogP contribution in [-0.2, 0) is 14.3 Å². The van der Waals surface area contributed by atoms with Crippen LogP contribution >= 0.6 is 0 Å². The van der Waals surface area contributed by atoms with E-state index in [0.29, 0.717) is 0 Å². The standard InChI is InChI=1S/C9H9F3N2O7/c10-9(11,12)7(16)21-2-1-6(15)5-3-8(4-5,13(17)18)14(19)20/h5H,1-4H2. The molecule has 118 valence electrons. The summed E-state index contributed by atoms with van der Waals surface area (Å²) in [5.74, 6) is -4.16. The van der Waals surface area contributed by atoms with Crippen LogP contribution in [-0.4, -0.2) is 40.0 Å². The molecule has 0 aromatic carbocycles. The number of ketones is 1. The highest BCUT2D eigenvalue weighted by molar-refractivity contribution is 5.82. The molecule has 0 aliphatic heterocycles. The van der Waals surface area contributed by atoms with Crippen LogP contribution in [0, 0.1) is 26.1 Å². The zero-order chi connectivity index (χ0) is 16.4. The highest BCUT2D eigenvalue weighted by Gasteiger charge is 2.68. The summed E-state index contributed by atoms with van der Waals surface area (Å²) < 4.78 is 39.1. The van der Waals surface area contributed by atoms with Crippen LogP contribution in [0.4, 0.5) is 13.2 Å². The van der Waals surface area contributed by atoms with Gasteiger partial charge >= 0.3 is 17.8 Å². The number of hydrogen-bond acceptors (Lipinski definition) is 7. The lowest BCUT2D eigenvalue weighted by Crippen LogP contribution is -2.58. The maximum Gasteiger partial charge on any atom is 0.490 e. The third-order valence-corrected chi connectivity index (χ3v) is 3.09. The lowest BCUT2D eigenvalue weighted by Gasteiger charge is -2.31. The van der Waals surface area contributed by atoms with E-state index in [-0.39, 0.29) is 0 Å². The Bertz CT molecular complexity index is 468. The number of alkyl halides is 3. The molecular weight excluding hydrogens is 305 g/mol. The summed E-state index contributed by atoms with van der Waals surface area (Å²) >= 11 is 0. The van der Waals surface area contributed by atoms with Crippen LogP contribution in [0.1, 0.15) is 19.3 Å². The molecule has 0 N–H and O–H groups in total. The lowest BCUT2D eigenvalue weighted by atomic mass is 9.72. The van der Waals surface area contributed by atoms with Gasteiger partial charge in [0.25, 0.3) is 0 Å². The molecule has 1 aliphatic carbocycles. The zero-order valence-corrected chi connectivity index (χ0v) is 10.3. The van der Waals surface area contributed by atoms with Gasteiger partial charge in [-0.1, -0.05) is 0 Å². The van der Waals surface area contributed by atoms with Crippen LogP contribution in [0.25, 0.3) is 0 Å². The molecule has 1 aliphatic rings. The second-order valence-electron chi connectivity index (χ2n) is 4.45. The van der Waals surface area contributed by atoms with Crippen molar-refractivity contribution in [1.29, 1.82) is 0 Å². The fourth-order valence-electron chi connectivity index (χ4n) is 1.85. The Morgan fingerprint density at radius 1 is 1.19 bits per heavy atom. The van der Waals surface area contributed by atoms with Gasteiger partial charge in [-0.3, -0.25) is 25.0 Å². The summed E-state index contributed by atoms with van der Waals surface area (Å²) in [6.07, 6.45) is -7.01. The van der Waals surface area contributed by atoms with Gasteiger partial charge in [0.15, 0.2) is 0 Å². The number of esters is 1. The van der Waals surface area contributed by atoms with E-state index in [1.165, 1.54) is 0 Å². The number of carbonyl (C=O) groups excluding carboxylic acids is 2. The molecule has 0 spiro atoms. The van der Waals surface area contributed by atoms with Crippen LogP contribution in [0.5, 0.6) is 0 Å². The highest BCUT2D eigenvalue weighted by Crippen LogP contribution is 2.41. The van der Waals surface area contributed by atoms with Crippen molar-refractivity contribution in [1.82, 2.24) is 0 Å². The zero-order valence-electron chi connectivity index (χ0n) is 10.3. The third kappa shape index (κ3) is 3.44. The fraction of sp³-hybridized carbons (Fsp3) is 0.778. The predicted octanol–water partition coefficient (Wildman–Crippen LogP) is 0.711. The van der Waals surface area contributed by atoms with Crippen molar-refractivity contribution in [3.8, 4) is 0 Å². The molecule has 0 unspecified atom stereocenters. The Hall–Kier alpha value is -2.27. The lowest BCUT2D eigenvalue weighted by molar-refractivity contribution is -0.813. The molecule has 1 fully saturated rings. The number of rotatable bonds is 6. The Morgan fingerprint density at radius 3 is 2.05 bits per heavy atom. The van der Waals surface area contributed by atoms with Crippen molar-refractivity contribution in [3.05, 3.63) is 20.2 Å². The quantitative estimate of drug-likeness (QED) is 0.305. The first-order chi connectivity index (χ1) is 9.50. The summed E-state index contributed by atoms with van der Waals surface area (Å²) in [5, 5.41) is 21.2. The first kappa shape index (κ1) is 16.8. The van der Waals surface area contributed by atoms with Crippen molar-refractivity contribution in [2.24, 2.45) is 5.92 Å². The summed E-state index contributed by atoms with van der Waals surface area (Å²) in [6, 6.07) is 0. The summed E-state index contributed by atoms with van der Waals surface area (Å²) in [7, 11) is 0. The number of nitro groups is 2. The molecule has 1 saturated carbocycles. The normalized spacial score (nSPS) is 17.7. The first-order valence-corrected chi connectivity index (χ1v) is 5.56. The molecule has 0 aromatic rings. The Labute approximate surface area is 114 Å². The smallest absolute Gasteiger partial charge is 0.459 e. The third-order valence-electron chi connectivity index (χ3n) is 3.09. The monoisotopic (exact) mass is 314 g/mol. The molecule has 21 heavy (non-hydrogen) atoms. The molecule has 0 heterocycles. The van der Waals surface area contributed by atoms with E-state index >= 15 is 0 Å². The van der Waals surface area contributed by atoms with Gasteiger partial charge in [0.1, 0.15) is 5.78 Å². The van der Waals surface area contributed by atoms with Crippen molar-refractivity contribution in [2.75, 3.05) is 6.61 Å². The van der Waals surface area contributed by atoms with Gasteiger partial charge in [-0.25, -0.2) is 4.79 Å². The molecule has 9 nitrogen and oxygen atoms in total. The van der Waals surface area contributed by atoms with Gasteiger partial charge < -0.3 is 4.74 Å². The van der Waals surface area contributed by atoms with E-state index in [1.54, 1.807) is 0 Å². The summed E-state index contributed by atoms with van der Waals surface area (Å²) in [5.41, 5.74) is -2.41. The largest absolute Gasteiger partial charge is 0.490 e. The molecule has 0 amide bonds. The van der Waals surface area contributed by atoms with E-state index in [0.717, 1.165) is 0 Å². The second kappa shape index (κ2) is 5.61. The number of Topliss-reactive ketones (excluding diaryl/α,β-unsaturated/α-hetero) is 1. The SMILES string of the molecule is O=C(CCOC(=O)C(F)(F)F)C1CC([N+](=O)[O-])([N+](=O)[O-])C1. The topological polar surface area (TPSA) is 130 Å². The number of ether oxygens (including phenoxy) is 1. The Balaban J connectivity index is 2.42. The maximum absolute atomic E-state index is 11.8. The highest BCUT2D eigenvalue weighted by atomic mass is 19.4. The van der Waals surface area contributed by atoms with Crippen molar-refractivity contribution >= 4 is 11.8 Å². The molecular formula is C9H9F3N2O7. The molecule has 0 radical (unpaired) electrons. The van der Waals surface area contributed by atoms with Crippen molar-refractivity contribution in [3.63, 3.8) is 0 Å². The van der Waals surface area contributed by atoms with Gasteiger partial charge in [-0.2, -0.15) is 13.2 Å². The number of hydrogen-bond donors (Lipinski definition) is 0. The molecule has 1 rings (SSSR count). The number of nitrogens with zero attached hydrogens (tertiary/aromatic N) is 2. The van der Waals surface area contributed by atoms with Crippen LogP contribution in [0.2, 0.25) is 0 Å². The number of halogens is 3. The molecule has 0 saturated heterocycles. The predicted molar refractivity (Wildman–Crippen MR) is 56.1 cm³/mol. The van der Waals surface area contributed by atoms with E-state index in [2.05, 4.69) is 4.74 Å². The van der Waals surface area contributed by atoms with Gasteiger partial charge in [-0.15, -0.1) is 0 Å². The Kier molecular flexibility index (Phi) is 4.49. The average Bonchev–Trinajstić information content (AvgIpc) is 2.24. The van der Waals surface area contributed by atoms with Gasteiger partial charge in [0.05, 0.1) is 29.3 Å². The summed E-state index contributed by atoms with van der Waals surface area (Å²) in [6.45, 7) is -0.836. The van der Waals surface area contributed by atoms with Crippen LogP contribution in [0.3, 0.4) is 0 Å². The molecule has 0 atom stereocenters. The van der Waals surface area contributed by atoms with E-state index in [1.807, 2.05) is 0 Å². The maximum atomic E-state index is 11.8. The molecule has 12 heteroatoms. The van der Waals surface area contributed by atoms with E-state index in [4.69, 9.17) is 0 Å². The van der Waals surface area contributed by atoms with E-state index in [9.17, 15) is 43.0 Å². The van der Waals surface area contributed by atoms with E-state index < -0.39 is 65.2 Å². The minimum Gasteiger partial charge on any atom is -0.459 e. The average molecular weight is 314 g/mol. The van der Waals surface area contributed by atoms with Gasteiger partial charge in [-0.05, 0) is 0 Å². The molecule has 0 aromatic heterocycles. The first-order valence-electron chi connectivity index (χ1n) is 5.56. The van der Waals surface area contributed by atoms with Crippen LogP contribution in [0.15, 0.2) is 0 Å². The summed E-state index contributed by atoms with van der Waals surface area (Å²) in [4.78, 5) is 40.8. The molecule has 0 bridgehead atoms. The minimum atomic E-state index is -5.17.